The number of anilines is 1. The molecule has 0 amide bonds. The van der Waals surface area contributed by atoms with E-state index in [-0.39, 0.29) is 0 Å². The van der Waals surface area contributed by atoms with Crippen molar-refractivity contribution in [2.75, 3.05) is 5.73 Å². The van der Waals surface area contributed by atoms with Gasteiger partial charge in [0.25, 0.3) is 0 Å². The first-order chi connectivity index (χ1) is 5.57. The summed E-state index contributed by atoms with van der Waals surface area (Å²) >= 11 is 0. The van der Waals surface area contributed by atoms with Crippen LogP contribution >= 0.6 is 0 Å². The maximum absolute atomic E-state index is 6.94. The van der Waals surface area contributed by atoms with Crippen molar-refractivity contribution in [2.45, 2.75) is 20.8 Å². The van der Waals surface area contributed by atoms with Gasteiger partial charge in [0, 0.05) is 0 Å². The molecular formula is C9H13N3. The van der Waals surface area contributed by atoms with Crippen molar-refractivity contribution in [3.05, 3.63) is 22.8 Å². The van der Waals surface area contributed by atoms with Gasteiger partial charge in [0.15, 0.2) is 0 Å². The summed E-state index contributed by atoms with van der Waals surface area (Å²) < 4.78 is 0. The number of nitrogens with one attached hydrogen (secondary N) is 1. The Bertz CT molecular complexity index is 329. The fourth-order valence-electron chi connectivity index (χ4n) is 1.25. The molecule has 0 radical (unpaired) electrons. The van der Waals surface area contributed by atoms with Crippen LogP contribution in [-0.4, -0.2) is 0 Å². The molecule has 3 nitrogen and oxygen atoms in total. The smallest absolute Gasteiger partial charge is 0.111 e. The molecule has 0 fully saturated rings. The minimum absolute atomic E-state index is 0.589. The van der Waals surface area contributed by atoms with Gasteiger partial charge >= 0.3 is 0 Å². The SMILES string of the molecule is Cc1cc(N)c(N=N)c(C)c1C. The van der Waals surface area contributed by atoms with Gasteiger partial charge in [0.05, 0.1) is 5.69 Å². The quantitative estimate of drug-likeness (QED) is 0.485. The molecule has 0 saturated carbocycles. The summed E-state index contributed by atoms with van der Waals surface area (Å²) in [5.41, 5.74) is 17.1. The molecule has 1 aromatic carbocycles. The lowest BCUT2D eigenvalue weighted by Gasteiger charge is -2.09. The van der Waals surface area contributed by atoms with Gasteiger partial charge in [-0.15, -0.1) is 0 Å². The molecule has 0 bridgehead atoms. The van der Waals surface area contributed by atoms with Gasteiger partial charge in [-0.25, -0.2) is 5.53 Å². The molecule has 1 aromatic rings. The van der Waals surface area contributed by atoms with Crippen molar-refractivity contribution in [2.24, 2.45) is 5.11 Å². The molecule has 0 heterocycles. The van der Waals surface area contributed by atoms with Gasteiger partial charge in [-0.2, -0.15) is 5.11 Å². The van der Waals surface area contributed by atoms with E-state index in [1.807, 2.05) is 26.8 Å². The summed E-state index contributed by atoms with van der Waals surface area (Å²) in [6.45, 7) is 5.96. The third kappa shape index (κ3) is 1.18. The van der Waals surface area contributed by atoms with E-state index in [9.17, 15) is 0 Å². The van der Waals surface area contributed by atoms with E-state index >= 15 is 0 Å². The minimum Gasteiger partial charge on any atom is -0.397 e. The van der Waals surface area contributed by atoms with Crippen LogP contribution in [0.2, 0.25) is 0 Å². The van der Waals surface area contributed by atoms with Gasteiger partial charge in [-0.3, -0.25) is 0 Å². The summed E-state index contributed by atoms with van der Waals surface area (Å²) in [4.78, 5) is 0. The molecular weight excluding hydrogens is 150 g/mol. The van der Waals surface area contributed by atoms with E-state index < -0.39 is 0 Å². The Hall–Kier alpha value is -1.38. The Morgan fingerprint density at radius 2 is 1.83 bits per heavy atom. The van der Waals surface area contributed by atoms with Crippen LogP contribution in [0.25, 0.3) is 0 Å². The van der Waals surface area contributed by atoms with Crippen LogP contribution in [0, 0.1) is 26.3 Å². The van der Waals surface area contributed by atoms with E-state index in [0.29, 0.717) is 11.4 Å². The zero-order valence-electron chi connectivity index (χ0n) is 7.60. The second-order valence-electron chi connectivity index (χ2n) is 2.99. The predicted molar refractivity (Wildman–Crippen MR) is 49.9 cm³/mol. The second kappa shape index (κ2) is 2.93. The topological polar surface area (TPSA) is 62.2 Å². The fraction of sp³-hybridized carbons (Fsp3) is 0.333. The van der Waals surface area contributed by atoms with Gasteiger partial charge in [0.1, 0.15) is 5.69 Å². The van der Waals surface area contributed by atoms with Crippen molar-refractivity contribution >= 4 is 11.4 Å². The number of benzene rings is 1. The first kappa shape index (κ1) is 8.71. The van der Waals surface area contributed by atoms with Crippen molar-refractivity contribution in [3.8, 4) is 0 Å². The average molecular weight is 163 g/mol. The molecule has 0 unspecified atom stereocenters. The van der Waals surface area contributed by atoms with Crippen LogP contribution in [0.3, 0.4) is 0 Å². The van der Waals surface area contributed by atoms with E-state index in [1.165, 1.54) is 0 Å². The van der Waals surface area contributed by atoms with Gasteiger partial charge in [-0.1, -0.05) is 0 Å². The van der Waals surface area contributed by atoms with E-state index in [2.05, 4.69) is 5.11 Å². The Morgan fingerprint density at radius 3 is 2.33 bits per heavy atom. The maximum atomic E-state index is 6.94. The largest absolute Gasteiger partial charge is 0.397 e. The molecule has 1 rings (SSSR count). The molecule has 0 spiro atoms. The fourth-order valence-corrected chi connectivity index (χ4v) is 1.25. The van der Waals surface area contributed by atoms with Crippen molar-refractivity contribution in [1.29, 1.82) is 5.53 Å². The van der Waals surface area contributed by atoms with Gasteiger partial charge in [-0.05, 0) is 43.5 Å². The molecule has 12 heavy (non-hydrogen) atoms. The van der Waals surface area contributed by atoms with Crippen LogP contribution < -0.4 is 5.73 Å². The first-order valence-electron chi connectivity index (χ1n) is 3.81. The molecule has 3 N–H and O–H groups in total. The Labute approximate surface area is 72.1 Å². The molecule has 0 atom stereocenters. The molecule has 0 aliphatic heterocycles. The molecule has 0 aliphatic carbocycles. The third-order valence-electron chi connectivity index (χ3n) is 2.27. The average Bonchev–Trinajstić information content (AvgIpc) is 2.01. The number of nitrogens with two attached hydrogens (primary N) is 1. The predicted octanol–water partition coefficient (Wildman–Crippen LogP) is 2.86. The molecule has 0 aliphatic rings. The lowest BCUT2D eigenvalue weighted by molar-refractivity contribution is 1.12. The highest BCUT2D eigenvalue weighted by Crippen LogP contribution is 2.30. The summed E-state index contributed by atoms with van der Waals surface area (Å²) in [7, 11) is 0. The standard InChI is InChI=1S/C9H13N3/c1-5-4-8(10)9(12-11)7(3)6(5)2/h4,11H,10H2,1-3H3. The normalized spacial score (nSPS) is 9.92. The third-order valence-corrected chi connectivity index (χ3v) is 2.27. The number of hydrogen-bond acceptors (Lipinski definition) is 3. The van der Waals surface area contributed by atoms with Crippen molar-refractivity contribution < 1.29 is 0 Å². The highest BCUT2D eigenvalue weighted by molar-refractivity contribution is 5.69. The molecule has 3 heteroatoms. The van der Waals surface area contributed by atoms with Crippen LogP contribution in [0.5, 0.6) is 0 Å². The molecule has 64 valence electrons. The number of nitrogen functional groups attached to an aromatic ring is 1. The first-order valence-corrected chi connectivity index (χ1v) is 3.81. The Kier molecular flexibility index (Phi) is 2.13. The van der Waals surface area contributed by atoms with Crippen LogP contribution in [0.15, 0.2) is 11.2 Å². The number of nitrogens with zero attached hydrogens (tertiary/aromatic N) is 1. The van der Waals surface area contributed by atoms with Crippen molar-refractivity contribution in [3.63, 3.8) is 0 Å². The summed E-state index contributed by atoms with van der Waals surface area (Å²) in [5, 5.41) is 3.40. The van der Waals surface area contributed by atoms with Crippen LogP contribution in [0.1, 0.15) is 16.7 Å². The lowest BCUT2D eigenvalue weighted by atomic mass is 10.0. The minimum atomic E-state index is 0.589. The lowest BCUT2D eigenvalue weighted by Crippen LogP contribution is -1.93. The van der Waals surface area contributed by atoms with Crippen molar-refractivity contribution in [1.82, 2.24) is 0 Å². The summed E-state index contributed by atoms with van der Waals surface area (Å²) in [6.07, 6.45) is 0. The monoisotopic (exact) mass is 163 g/mol. The Morgan fingerprint density at radius 1 is 1.25 bits per heavy atom. The summed E-state index contributed by atoms with van der Waals surface area (Å²) in [6, 6.07) is 1.86. The van der Waals surface area contributed by atoms with Gasteiger partial charge in [0.2, 0.25) is 0 Å². The number of aryl methyl sites for hydroxylation is 1. The van der Waals surface area contributed by atoms with Crippen LogP contribution in [-0.2, 0) is 0 Å². The van der Waals surface area contributed by atoms with E-state index in [1.54, 1.807) is 0 Å². The maximum Gasteiger partial charge on any atom is 0.111 e. The highest BCUT2D eigenvalue weighted by Gasteiger charge is 2.06. The second-order valence-corrected chi connectivity index (χ2v) is 2.99. The van der Waals surface area contributed by atoms with Gasteiger partial charge < -0.3 is 5.73 Å². The zero-order chi connectivity index (χ0) is 9.30. The molecule has 0 saturated heterocycles. The van der Waals surface area contributed by atoms with E-state index in [4.69, 9.17) is 11.3 Å². The summed E-state index contributed by atoms with van der Waals surface area (Å²) in [5.74, 6) is 0. The highest BCUT2D eigenvalue weighted by atomic mass is 15.0. The number of hydrogen-bond donors (Lipinski definition) is 2. The zero-order valence-corrected chi connectivity index (χ0v) is 7.60. The number of rotatable bonds is 1. The Balaban J connectivity index is 3.51. The van der Waals surface area contributed by atoms with E-state index in [0.717, 1.165) is 16.7 Å². The van der Waals surface area contributed by atoms with Crippen LogP contribution in [0.4, 0.5) is 11.4 Å². The molecule has 0 aromatic heterocycles.